The van der Waals surface area contributed by atoms with Gasteiger partial charge in [0.15, 0.2) is 5.82 Å². The Morgan fingerprint density at radius 2 is 1.88 bits per heavy atom. The summed E-state index contributed by atoms with van der Waals surface area (Å²) in [5.41, 5.74) is 7.96. The van der Waals surface area contributed by atoms with Crippen LogP contribution < -0.4 is 0 Å². The van der Waals surface area contributed by atoms with Crippen LogP contribution in [0.4, 0.5) is 4.39 Å². The van der Waals surface area contributed by atoms with E-state index in [0.717, 1.165) is 77.8 Å². The molecule has 1 aliphatic carbocycles. The van der Waals surface area contributed by atoms with E-state index in [9.17, 15) is 0 Å². The molecular formula is C32H33FN6O. The Labute approximate surface area is 232 Å². The zero-order valence-electron chi connectivity index (χ0n) is 23.1. The minimum atomic E-state index is -0.248. The average molecular weight is 537 g/mol. The van der Waals surface area contributed by atoms with Crippen LogP contribution in [0, 0.1) is 18.7 Å². The molecule has 2 aromatic carbocycles. The molecule has 0 N–H and O–H groups in total. The minimum Gasteiger partial charge on any atom is -0.381 e. The highest BCUT2D eigenvalue weighted by atomic mass is 19.1. The van der Waals surface area contributed by atoms with E-state index in [1.807, 2.05) is 31.9 Å². The lowest BCUT2D eigenvalue weighted by Gasteiger charge is -2.33. The normalized spacial score (nSPS) is 19.2. The summed E-state index contributed by atoms with van der Waals surface area (Å²) >= 11 is 0. The van der Waals surface area contributed by atoms with Gasteiger partial charge in [-0.2, -0.15) is 5.10 Å². The molecule has 3 aromatic heterocycles. The molecule has 2 aliphatic rings. The largest absolute Gasteiger partial charge is 0.381 e. The molecule has 5 aromatic rings. The molecule has 1 atom stereocenters. The van der Waals surface area contributed by atoms with Crippen LogP contribution in [0.5, 0.6) is 0 Å². The maximum atomic E-state index is 15.9. The first-order valence-electron chi connectivity index (χ1n) is 14.1. The summed E-state index contributed by atoms with van der Waals surface area (Å²) in [5.74, 6) is 0.100. The standard InChI is InChI=1S/C32H33FN6O/c1-20-30(38(3)36-35-20)23-11-7-8-12-24-27(17-23)39(28-18-26(33)32-25(29(24)28)19-34-37(32)2)31(21-9-5-4-6-10-21)22-13-15-40-16-14-22/h4-7,9-11,17-19,22,31H,8,12-16H2,1-3H3/b11-7+,23-17+/t31-/m1/s1. The summed E-state index contributed by atoms with van der Waals surface area (Å²) in [7, 11) is 3.74. The molecule has 7 nitrogen and oxygen atoms in total. The molecule has 204 valence electrons. The Bertz CT molecular complexity index is 1770. The molecule has 0 radical (unpaired) electrons. The minimum absolute atomic E-state index is 0.0246. The monoisotopic (exact) mass is 536 g/mol. The molecule has 1 aliphatic heterocycles. The fraction of sp³-hybridized carbons (Fsp3) is 0.344. The van der Waals surface area contributed by atoms with Crippen LogP contribution in [0.2, 0.25) is 0 Å². The third-order valence-corrected chi connectivity index (χ3v) is 8.63. The van der Waals surface area contributed by atoms with Gasteiger partial charge in [-0.1, -0.05) is 47.7 Å². The summed E-state index contributed by atoms with van der Waals surface area (Å²) in [4.78, 5) is 0. The summed E-state index contributed by atoms with van der Waals surface area (Å²) in [6, 6.07) is 12.4. The zero-order valence-corrected chi connectivity index (χ0v) is 23.1. The highest BCUT2D eigenvalue weighted by Crippen LogP contribution is 2.44. The van der Waals surface area contributed by atoms with E-state index in [1.54, 1.807) is 10.7 Å². The van der Waals surface area contributed by atoms with Crippen molar-refractivity contribution in [2.75, 3.05) is 13.2 Å². The van der Waals surface area contributed by atoms with Gasteiger partial charge in [-0.3, -0.25) is 4.68 Å². The second-order valence-electron chi connectivity index (χ2n) is 11.0. The number of nitrogens with zero attached hydrogens (tertiary/aromatic N) is 6. The van der Waals surface area contributed by atoms with Gasteiger partial charge in [0.05, 0.1) is 29.1 Å². The number of aromatic nitrogens is 6. The molecule has 0 spiro atoms. The van der Waals surface area contributed by atoms with Crippen molar-refractivity contribution in [2.45, 2.75) is 38.6 Å². The van der Waals surface area contributed by atoms with Crippen molar-refractivity contribution in [3.63, 3.8) is 0 Å². The molecule has 40 heavy (non-hydrogen) atoms. The number of benzene rings is 2. The number of halogens is 1. The van der Waals surface area contributed by atoms with Gasteiger partial charge in [-0.25, -0.2) is 9.07 Å². The summed E-state index contributed by atoms with van der Waals surface area (Å²) in [5, 5.41) is 15.1. The first-order chi connectivity index (χ1) is 19.5. The van der Waals surface area contributed by atoms with Gasteiger partial charge < -0.3 is 9.30 Å². The third kappa shape index (κ3) is 3.92. The zero-order chi connectivity index (χ0) is 27.4. The predicted molar refractivity (Wildman–Crippen MR) is 155 cm³/mol. The van der Waals surface area contributed by atoms with Gasteiger partial charge in [0, 0.05) is 55.4 Å². The SMILES string of the molecule is Cc1nnn(C)c1C1=C/c2c(c3c4cnn(C)c4c(F)cc3n2[C@H](c2ccccc2)C2CCOCC2)CC\C=C\1. The van der Waals surface area contributed by atoms with Crippen molar-refractivity contribution in [3.05, 3.63) is 88.8 Å². The molecule has 0 saturated carbocycles. The highest BCUT2D eigenvalue weighted by molar-refractivity contribution is 6.10. The fourth-order valence-electron chi connectivity index (χ4n) is 6.87. The van der Waals surface area contributed by atoms with E-state index in [-0.39, 0.29) is 11.9 Å². The maximum absolute atomic E-state index is 15.9. The van der Waals surface area contributed by atoms with Crippen molar-refractivity contribution in [3.8, 4) is 0 Å². The smallest absolute Gasteiger partial charge is 0.151 e. The molecule has 1 fully saturated rings. The van der Waals surface area contributed by atoms with Crippen LogP contribution in [0.3, 0.4) is 0 Å². The third-order valence-electron chi connectivity index (χ3n) is 8.63. The maximum Gasteiger partial charge on any atom is 0.151 e. The van der Waals surface area contributed by atoms with Crippen molar-refractivity contribution < 1.29 is 9.13 Å². The number of rotatable bonds is 4. The molecule has 4 heterocycles. The van der Waals surface area contributed by atoms with E-state index in [4.69, 9.17) is 4.74 Å². The molecular weight excluding hydrogens is 503 g/mol. The van der Waals surface area contributed by atoms with Crippen LogP contribution in [0.1, 0.15) is 53.5 Å². The summed E-state index contributed by atoms with van der Waals surface area (Å²) < 4.78 is 27.6. The topological polar surface area (TPSA) is 62.7 Å². The van der Waals surface area contributed by atoms with Crippen molar-refractivity contribution in [1.82, 2.24) is 29.3 Å². The van der Waals surface area contributed by atoms with E-state index in [0.29, 0.717) is 11.4 Å². The van der Waals surface area contributed by atoms with Crippen LogP contribution in [0.25, 0.3) is 33.5 Å². The number of aryl methyl sites for hydroxylation is 4. The second kappa shape index (κ2) is 9.86. The van der Waals surface area contributed by atoms with E-state index < -0.39 is 0 Å². The van der Waals surface area contributed by atoms with E-state index >= 15 is 4.39 Å². The quantitative estimate of drug-likeness (QED) is 0.276. The van der Waals surface area contributed by atoms with Crippen molar-refractivity contribution in [1.29, 1.82) is 0 Å². The number of ether oxygens (including phenoxy) is 1. The molecule has 7 rings (SSSR count). The molecule has 8 heteroatoms. The van der Waals surface area contributed by atoms with Crippen LogP contribution in [0.15, 0.2) is 54.7 Å². The molecule has 0 amide bonds. The average Bonchev–Trinajstić information content (AvgIpc) is 3.59. The number of hydrogen-bond acceptors (Lipinski definition) is 4. The van der Waals surface area contributed by atoms with Gasteiger partial charge in [0.2, 0.25) is 0 Å². The fourth-order valence-corrected chi connectivity index (χ4v) is 6.87. The first kappa shape index (κ1) is 25.0. The molecule has 1 saturated heterocycles. The Hall–Kier alpha value is -4.04. The van der Waals surface area contributed by atoms with E-state index in [2.05, 4.69) is 68.5 Å². The lowest BCUT2D eigenvalue weighted by molar-refractivity contribution is 0.0547. The van der Waals surface area contributed by atoms with Crippen LogP contribution >= 0.6 is 0 Å². The molecule has 0 bridgehead atoms. The summed E-state index contributed by atoms with van der Waals surface area (Å²) in [6.07, 6.45) is 12.1. The Morgan fingerprint density at radius 1 is 1.07 bits per heavy atom. The van der Waals surface area contributed by atoms with Gasteiger partial charge >= 0.3 is 0 Å². The van der Waals surface area contributed by atoms with Gasteiger partial charge in [-0.05, 0) is 55.7 Å². The highest BCUT2D eigenvalue weighted by Gasteiger charge is 2.32. The predicted octanol–water partition coefficient (Wildman–Crippen LogP) is 6.16. The van der Waals surface area contributed by atoms with Gasteiger partial charge in [0.25, 0.3) is 0 Å². The van der Waals surface area contributed by atoms with Gasteiger partial charge in [-0.15, -0.1) is 5.10 Å². The number of fused-ring (bicyclic) bond motifs is 5. The van der Waals surface area contributed by atoms with E-state index in [1.165, 1.54) is 11.1 Å². The van der Waals surface area contributed by atoms with Crippen molar-refractivity contribution >= 4 is 33.5 Å². The molecule has 0 unspecified atom stereocenters. The lowest BCUT2D eigenvalue weighted by atomic mass is 9.86. The summed E-state index contributed by atoms with van der Waals surface area (Å²) in [6.45, 7) is 3.47. The number of allylic oxidation sites excluding steroid dienone is 3. The van der Waals surface area contributed by atoms with Crippen LogP contribution in [-0.4, -0.2) is 42.6 Å². The second-order valence-corrected chi connectivity index (χ2v) is 11.0. The Balaban J connectivity index is 1.61. The Kier molecular flexibility index (Phi) is 6.15. The first-order valence-corrected chi connectivity index (χ1v) is 14.1. The van der Waals surface area contributed by atoms with Crippen LogP contribution in [-0.2, 0) is 25.3 Å². The van der Waals surface area contributed by atoms with Crippen molar-refractivity contribution in [2.24, 2.45) is 20.0 Å². The lowest BCUT2D eigenvalue weighted by Crippen LogP contribution is -2.27. The Morgan fingerprint density at radius 3 is 2.62 bits per heavy atom. The van der Waals surface area contributed by atoms with Gasteiger partial charge in [0.1, 0.15) is 5.52 Å². The number of hydrogen-bond donors (Lipinski definition) is 0.